The lowest BCUT2D eigenvalue weighted by Crippen LogP contribution is -2.32. The molecule has 0 atom stereocenters. The summed E-state index contributed by atoms with van der Waals surface area (Å²) in [7, 11) is 0. The van der Waals surface area contributed by atoms with Crippen LogP contribution in [0.4, 0.5) is 5.69 Å². The number of fused-ring (bicyclic) bond motifs is 1. The number of nitrogens with zero attached hydrogens (tertiary/aromatic N) is 3. The van der Waals surface area contributed by atoms with Gasteiger partial charge in [0.25, 0.3) is 5.56 Å². The van der Waals surface area contributed by atoms with Crippen LogP contribution in [0.15, 0.2) is 64.4 Å². The predicted octanol–water partition coefficient (Wildman–Crippen LogP) is 3.79. The average molecular weight is 386 g/mol. The maximum Gasteiger partial charge on any atom is 0.272 e. The summed E-state index contributed by atoms with van der Waals surface area (Å²) in [5.41, 5.74) is 1.46. The van der Waals surface area contributed by atoms with Gasteiger partial charge in [0.05, 0.1) is 11.3 Å². The van der Waals surface area contributed by atoms with Gasteiger partial charge >= 0.3 is 0 Å². The van der Waals surface area contributed by atoms with Crippen molar-refractivity contribution in [1.82, 2.24) is 9.55 Å². The van der Waals surface area contributed by atoms with Gasteiger partial charge in [0.1, 0.15) is 4.70 Å². The largest absolute Gasteiger partial charge is 0.308 e. The van der Waals surface area contributed by atoms with Crippen molar-refractivity contribution in [2.24, 2.45) is 0 Å². The summed E-state index contributed by atoms with van der Waals surface area (Å²) >= 11 is 2.69. The Hall–Kier alpha value is -2.38. The molecule has 26 heavy (non-hydrogen) atoms. The number of thioether (sulfide) groups is 1. The summed E-state index contributed by atoms with van der Waals surface area (Å²) in [5, 5.41) is 2.43. The average Bonchev–Trinajstić information content (AvgIpc) is 3.14. The number of rotatable bonds is 7. The minimum Gasteiger partial charge on any atom is -0.308 e. The van der Waals surface area contributed by atoms with Gasteiger partial charge < -0.3 is 4.90 Å². The van der Waals surface area contributed by atoms with Crippen molar-refractivity contribution in [2.75, 3.05) is 17.2 Å². The van der Waals surface area contributed by atoms with E-state index in [1.165, 1.54) is 23.1 Å². The van der Waals surface area contributed by atoms with Gasteiger partial charge in [-0.1, -0.05) is 36.0 Å². The van der Waals surface area contributed by atoms with E-state index < -0.39 is 0 Å². The number of amides is 1. The number of anilines is 1. The first-order valence-corrected chi connectivity index (χ1v) is 10.1. The molecule has 0 saturated carbocycles. The molecule has 0 radical (unpaired) electrons. The number of thiophene rings is 1. The minimum atomic E-state index is -0.0524. The zero-order valence-electron chi connectivity index (χ0n) is 14.4. The van der Waals surface area contributed by atoms with Crippen LogP contribution < -0.4 is 10.5 Å². The predicted molar refractivity (Wildman–Crippen MR) is 109 cm³/mol. The highest BCUT2D eigenvalue weighted by atomic mass is 32.2. The summed E-state index contributed by atoms with van der Waals surface area (Å²) in [4.78, 5) is 31.5. The standard InChI is InChI=1S/C19H19N3O2S2/c1-3-11-22(14-8-6-5-7-9-14)16(23)13-26-19-20-15-10-12-25-17(15)18(24)21(19)4-2/h3,5-10,12H,1,4,11,13H2,2H3. The van der Waals surface area contributed by atoms with Crippen molar-refractivity contribution in [3.8, 4) is 0 Å². The molecule has 1 aromatic carbocycles. The molecular weight excluding hydrogens is 366 g/mol. The third-order valence-electron chi connectivity index (χ3n) is 3.85. The number of benzene rings is 1. The van der Waals surface area contributed by atoms with Crippen LogP contribution in [-0.4, -0.2) is 27.8 Å². The molecule has 0 aliphatic heterocycles. The van der Waals surface area contributed by atoms with Crippen LogP contribution in [0.5, 0.6) is 0 Å². The molecule has 0 fully saturated rings. The van der Waals surface area contributed by atoms with E-state index in [-0.39, 0.29) is 17.2 Å². The fraction of sp³-hybridized carbons (Fsp3) is 0.211. The van der Waals surface area contributed by atoms with Gasteiger partial charge in [-0.15, -0.1) is 17.9 Å². The number of carbonyl (C=O) groups excluding carboxylic acids is 1. The maximum absolute atomic E-state index is 12.7. The van der Waals surface area contributed by atoms with Gasteiger partial charge in [0, 0.05) is 18.8 Å². The maximum atomic E-state index is 12.7. The van der Waals surface area contributed by atoms with E-state index in [1.54, 1.807) is 15.5 Å². The monoisotopic (exact) mass is 385 g/mol. The summed E-state index contributed by atoms with van der Waals surface area (Å²) in [6.45, 7) is 6.59. The molecule has 0 spiro atoms. The molecule has 5 nitrogen and oxygen atoms in total. The molecule has 0 unspecified atom stereocenters. The molecule has 3 aromatic rings. The van der Waals surface area contributed by atoms with Crippen LogP contribution in [0.1, 0.15) is 6.92 Å². The van der Waals surface area contributed by atoms with E-state index in [2.05, 4.69) is 11.6 Å². The number of para-hydroxylation sites is 1. The molecule has 2 aromatic heterocycles. The highest BCUT2D eigenvalue weighted by molar-refractivity contribution is 7.99. The molecule has 0 aliphatic rings. The third-order valence-corrected chi connectivity index (χ3v) is 5.71. The van der Waals surface area contributed by atoms with Gasteiger partial charge in [-0.25, -0.2) is 4.98 Å². The van der Waals surface area contributed by atoms with Gasteiger partial charge in [0.2, 0.25) is 5.91 Å². The molecule has 0 saturated heterocycles. The van der Waals surface area contributed by atoms with Gasteiger partial charge in [-0.2, -0.15) is 0 Å². The molecule has 0 bridgehead atoms. The van der Waals surface area contributed by atoms with Crippen molar-refractivity contribution >= 4 is 44.9 Å². The molecular formula is C19H19N3O2S2. The number of hydrogen-bond donors (Lipinski definition) is 0. The minimum absolute atomic E-state index is 0.0477. The van der Waals surface area contributed by atoms with Crippen molar-refractivity contribution in [2.45, 2.75) is 18.6 Å². The quantitative estimate of drug-likeness (QED) is 0.353. The van der Waals surface area contributed by atoms with Gasteiger partial charge in [0.15, 0.2) is 5.16 Å². The zero-order valence-corrected chi connectivity index (χ0v) is 16.1. The summed E-state index contributed by atoms with van der Waals surface area (Å²) < 4.78 is 2.28. The van der Waals surface area contributed by atoms with Gasteiger partial charge in [-0.3, -0.25) is 14.2 Å². The van der Waals surface area contributed by atoms with Crippen molar-refractivity contribution in [1.29, 1.82) is 0 Å². The zero-order chi connectivity index (χ0) is 18.5. The second-order valence-corrected chi connectivity index (χ2v) is 7.35. The van der Waals surface area contributed by atoms with Crippen LogP contribution in [0.25, 0.3) is 10.2 Å². The van der Waals surface area contributed by atoms with E-state index in [4.69, 9.17) is 0 Å². The SMILES string of the molecule is C=CCN(C(=O)CSc1nc2ccsc2c(=O)n1CC)c1ccccc1. The highest BCUT2D eigenvalue weighted by Crippen LogP contribution is 2.22. The van der Waals surface area contributed by atoms with Crippen molar-refractivity contribution in [3.63, 3.8) is 0 Å². The molecule has 2 heterocycles. The van der Waals surface area contributed by atoms with Crippen LogP contribution in [-0.2, 0) is 11.3 Å². The van der Waals surface area contributed by atoms with E-state index >= 15 is 0 Å². The van der Waals surface area contributed by atoms with Crippen molar-refractivity contribution in [3.05, 3.63) is 64.8 Å². The summed E-state index contributed by atoms with van der Waals surface area (Å²) in [6.07, 6.45) is 1.70. The van der Waals surface area contributed by atoms with E-state index in [9.17, 15) is 9.59 Å². The third kappa shape index (κ3) is 3.73. The van der Waals surface area contributed by atoms with Crippen LogP contribution in [0.3, 0.4) is 0 Å². The number of aromatic nitrogens is 2. The van der Waals surface area contributed by atoms with Gasteiger partial charge in [-0.05, 0) is 30.5 Å². The molecule has 7 heteroatoms. The van der Waals surface area contributed by atoms with E-state index in [1.807, 2.05) is 48.7 Å². The van der Waals surface area contributed by atoms with Crippen LogP contribution in [0.2, 0.25) is 0 Å². The smallest absolute Gasteiger partial charge is 0.272 e. The Kier molecular flexibility index (Phi) is 5.90. The Morgan fingerprint density at radius 1 is 1.35 bits per heavy atom. The van der Waals surface area contributed by atoms with E-state index in [0.717, 1.165) is 5.69 Å². The Morgan fingerprint density at radius 2 is 2.12 bits per heavy atom. The molecule has 0 N–H and O–H groups in total. The first-order valence-electron chi connectivity index (χ1n) is 8.22. The van der Waals surface area contributed by atoms with E-state index in [0.29, 0.717) is 28.5 Å². The van der Waals surface area contributed by atoms with Crippen molar-refractivity contribution < 1.29 is 4.79 Å². The normalized spacial score (nSPS) is 10.8. The lowest BCUT2D eigenvalue weighted by molar-refractivity contribution is -0.116. The Balaban J connectivity index is 1.83. The Labute approximate surface area is 160 Å². The molecule has 1 amide bonds. The Morgan fingerprint density at radius 3 is 2.81 bits per heavy atom. The van der Waals surface area contributed by atoms with Crippen LogP contribution in [0, 0.1) is 0 Å². The lowest BCUT2D eigenvalue weighted by Gasteiger charge is -2.21. The summed E-state index contributed by atoms with van der Waals surface area (Å²) in [5.74, 6) is 0.147. The topological polar surface area (TPSA) is 55.2 Å². The van der Waals surface area contributed by atoms with Crippen LogP contribution >= 0.6 is 23.1 Å². The highest BCUT2D eigenvalue weighted by Gasteiger charge is 2.17. The molecule has 3 rings (SSSR count). The number of carbonyl (C=O) groups is 1. The molecule has 134 valence electrons. The second kappa shape index (κ2) is 8.33. The second-order valence-electron chi connectivity index (χ2n) is 5.50. The molecule has 0 aliphatic carbocycles. The fourth-order valence-corrected chi connectivity index (χ4v) is 4.32. The summed E-state index contributed by atoms with van der Waals surface area (Å²) in [6, 6.07) is 11.3. The number of hydrogen-bond acceptors (Lipinski definition) is 5. The Bertz CT molecular complexity index is 979. The lowest BCUT2D eigenvalue weighted by atomic mass is 10.3. The fourth-order valence-electron chi connectivity index (χ4n) is 2.60. The first kappa shape index (κ1) is 18.4. The first-order chi connectivity index (χ1) is 12.7.